The fourth-order valence-electron chi connectivity index (χ4n) is 1.95. The van der Waals surface area contributed by atoms with Crippen LogP contribution in [0.4, 0.5) is 0 Å². The molecule has 2 aromatic rings. The molecule has 0 saturated carbocycles. The Hall–Kier alpha value is -1.32. The zero-order chi connectivity index (χ0) is 13.0. The van der Waals surface area contributed by atoms with Crippen molar-refractivity contribution in [3.05, 3.63) is 35.6 Å². The molecule has 98 valence electrons. The predicted octanol–water partition coefficient (Wildman–Crippen LogP) is 3.47. The largest absolute Gasteiger partial charge is 0.459 e. The summed E-state index contributed by atoms with van der Waals surface area (Å²) in [5, 5.41) is 4.30. The minimum Gasteiger partial charge on any atom is -0.459 e. The van der Waals surface area contributed by atoms with Crippen LogP contribution in [0.1, 0.15) is 31.6 Å². The highest BCUT2D eigenvalue weighted by Gasteiger charge is 2.14. The monoisotopic (exact) mass is 247 g/mol. The molecule has 1 aromatic heterocycles. The second kappa shape index (κ2) is 6.03. The van der Waals surface area contributed by atoms with E-state index in [1.807, 2.05) is 25.2 Å². The molecule has 3 heteroatoms. The molecule has 1 heterocycles. The number of hydrogen-bond acceptors (Lipinski definition) is 3. The van der Waals surface area contributed by atoms with Gasteiger partial charge in [-0.1, -0.05) is 25.1 Å². The fraction of sp³-hybridized carbons (Fsp3) is 0.467. The van der Waals surface area contributed by atoms with Gasteiger partial charge in [-0.3, -0.25) is 0 Å². The normalized spacial score (nSPS) is 13.1. The molecule has 0 aliphatic heterocycles. The van der Waals surface area contributed by atoms with Gasteiger partial charge in [-0.2, -0.15) is 0 Å². The molecule has 1 unspecified atom stereocenters. The van der Waals surface area contributed by atoms with Gasteiger partial charge in [-0.05, 0) is 26.5 Å². The maximum atomic E-state index is 5.86. The molecule has 1 atom stereocenters. The van der Waals surface area contributed by atoms with Gasteiger partial charge in [0, 0.05) is 10.9 Å². The summed E-state index contributed by atoms with van der Waals surface area (Å²) in [6, 6.07) is 8.12. The Balaban J connectivity index is 2.29. The molecular weight excluding hydrogens is 226 g/mol. The van der Waals surface area contributed by atoms with E-state index in [-0.39, 0.29) is 6.10 Å². The molecule has 18 heavy (non-hydrogen) atoms. The third kappa shape index (κ3) is 2.74. The molecule has 1 N–H and O–H groups in total. The topological polar surface area (TPSA) is 34.4 Å². The van der Waals surface area contributed by atoms with E-state index in [0.29, 0.717) is 6.61 Å². The SMILES string of the molecule is CCC(C)OCc1c(CNC)oc2ccccc12. The van der Waals surface area contributed by atoms with Gasteiger partial charge in [0.05, 0.1) is 19.3 Å². The van der Waals surface area contributed by atoms with Crippen LogP contribution in [0.25, 0.3) is 11.0 Å². The maximum Gasteiger partial charge on any atom is 0.134 e. The van der Waals surface area contributed by atoms with Crippen LogP contribution in [0.5, 0.6) is 0 Å². The summed E-state index contributed by atoms with van der Waals surface area (Å²) in [5.74, 6) is 0.974. The Morgan fingerprint density at radius 1 is 1.33 bits per heavy atom. The fourth-order valence-corrected chi connectivity index (χ4v) is 1.95. The summed E-state index contributed by atoms with van der Waals surface area (Å²) in [5.41, 5.74) is 2.10. The van der Waals surface area contributed by atoms with E-state index in [2.05, 4.69) is 25.2 Å². The van der Waals surface area contributed by atoms with Crippen LogP contribution in [0.3, 0.4) is 0 Å². The molecule has 0 bridgehead atoms. The maximum absolute atomic E-state index is 5.86. The second-order valence-electron chi connectivity index (χ2n) is 4.56. The lowest BCUT2D eigenvalue weighted by atomic mass is 10.1. The molecule has 0 saturated heterocycles. The van der Waals surface area contributed by atoms with Crippen LogP contribution in [0, 0.1) is 0 Å². The Kier molecular flexibility index (Phi) is 4.39. The lowest BCUT2D eigenvalue weighted by Crippen LogP contribution is -2.10. The summed E-state index contributed by atoms with van der Waals surface area (Å²) >= 11 is 0. The minimum absolute atomic E-state index is 0.279. The first kappa shape index (κ1) is 13.1. The Morgan fingerprint density at radius 3 is 2.83 bits per heavy atom. The van der Waals surface area contributed by atoms with Gasteiger partial charge in [0.25, 0.3) is 0 Å². The van der Waals surface area contributed by atoms with Crippen LogP contribution in [0.15, 0.2) is 28.7 Å². The molecule has 1 aromatic carbocycles. The highest BCUT2D eigenvalue weighted by Crippen LogP contribution is 2.26. The van der Waals surface area contributed by atoms with Crippen LogP contribution in [-0.2, 0) is 17.9 Å². The van der Waals surface area contributed by atoms with Crippen molar-refractivity contribution in [2.45, 2.75) is 39.5 Å². The quantitative estimate of drug-likeness (QED) is 0.848. The molecule has 0 aliphatic carbocycles. The first-order valence-electron chi connectivity index (χ1n) is 6.51. The van der Waals surface area contributed by atoms with Gasteiger partial charge in [0.2, 0.25) is 0 Å². The molecule has 0 spiro atoms. The standard InChI is InChI=1S/C15H21NO2/c1-4-11(2)17-10-13-12-7-5-6-8-14(12)18-15(13)9-16-3/h5-8,11,16H,4,9-10H2,1-3H3. The first-order chi connectivity index (χ1) is 8.76. The molecule has 3 nitrogen and oxygen atoms in total. The Labute approximate surface area is 108 Å². The Bertz CT molecular complexity index is 504. The molecular formula is C15H21NO2. The van der Waals surface area contributed by atoms with Crippen LogP contribution < -0.4 is 5.32 Å². The molecule has 0 aliphatic rings. The van der Waals surface area contributed by atoms with E-state index in [0.717, 1.165) is 29.7 Å². The average Bonchev–Trinajstić information content (AvgIpc) is 2.74. The van der Waals surface area contributed by atoms with Crippen molar-refractivity contribution in [1.82, 2.24) is 5.32 Å². The van der Waals surface area contributed by atoms with E-state index in [9.17, 15) is 0 Å². The number of nitrogens with one attached hydrogen (secondary N) is 1. The summed E-state index contributed by atoms with van der Waals surface area (Å²) in [7, 11) is 1.92. The summed E-state index contributed by atoms with van der Waals surface area (Å²) in [6.45, 7) is 5.57. The molecule has 0 amide bonds. The van der Waals surface area contributed by atoms with Crippen molar-refractivity contribution in [2.75, 3.05) is 7.05 Å². The third-order valence-corrected chi connectivity index (χ3v) is 3.21. The van der Waals surface area contributed by atoms with Crippen molar-refractivity contribution in [3.63, 3.8) is 0 Å². The summed E-state index contributed by atoms with van der Waals surface area (Å²) in [4.78, 5) is 0. The van der Waals surface area contributed by atoms with E-state index in [1.165, 1.54) is 5.56 Å². The molecule has 0 radical (unpaired) electrons. The number of fused-ring (bicyclic) bond motifs is 1. The third-order valence-electron chi connectivity index (χ3n) is 3.21. The number of para-hydroxylation sites is 1. The highest BCUT2D eigenvalue weighted by atomic mass is 16.5. The number of benzene rings is 1. The summed E-state index contributed by atoms with van der Waals surface area (Å²) in [6.07, 6.45) is 1.30. The average molecular weight is 247 g/mol. The van der Waals surface area contributed by atoms with Gasteiger partial charge >= 0.3 is 0 Å². The summed E-state index contributed by atoms with van der Waals surface area (Å²) < 4.78 is 11.7. The Morgan fingerprint density at radius 2 is 2.11 bits per heavy atom. The number of ether oxygens (including phenoxy) is 1. The van der Waals surface area contributed by atoms with Crippen LogP contribution in [0.2, 0.25) is 0 Å². The van der Waals surface area contributed by atoms with Gasteiger partial charge in [0.15, 0.2) is 0 Å². The van der Waals surface area contributed by atoms with Crippen molar-refractivity contribution in [1.29, 1.82) is 0 Å². The van der Waals surface area contributed by atoms with Gasteiger partial charge in [0.1, 0.15) is 11.3 Å². The highest BCUT2D eigenvalue weighted by molar-refractivity contribution is 5.82. The first-order valence-corrected chi connectivity index (χ1v) is 6.51. The zero-order valence-electron chi connectivity index (χ0n) is 11.3. The zero-order valence-corrected chi connectivity index (χ0v) is 11.3. The number of hydrogen-bond donors (Lipinski definition) is 1. The van der Waals surface area contributed by atoms with Gasteiger partial charge < -0.3 is 14.5 Å². The van der Waals surface area contributed by atoms with Gasteiger partial charge in [-0.15, -0.1) is 0 Å². The van der Waals surface area contributed by atoms with Crippen molar-refractivity contribution >= 4 is 11.0 Å². The number of furan rings is 1. The van der Waals surface area contributed by atoms with Crippen molar-refractivity contribution < 1.29 is 9.15 Å². The van der Waals surface area contributed by atoms with Gasteiger partial charge in [-0.25, -0.2) is 0 Å². The van der Waals surface area contributed by atoms with Crippen molar-refractivity contribution in [3.8, 4) is 0 Å². The minimum atomic E-state index is 0.279. The van der Waals surface area contributed by atoms with E-state index >= 15 is 0 Å². The molecule has 0 fully saturated rings. The van der Waals surface area contributed by atoms with Crippen LogP contribution >= 0.6 is 0 Å². The van der Waals surface area contributed by atoms with Crippen molar-refractivity contribution in [2.24, 2.45) is 0 Å². The molecule has 2 rings (SSSR count). The van der Waals surface area contributed by atoms with E-state index in [1.54, 1.807) is 0 Å². The second-order valence-corrected chi connectivity index (χ2v) is 4.56. The lowest BCUT2D eigenvalue weighted by Gasteiger charge is -2.10. The smallest absolute Gasteiger partial charge is 0.134 e. The number of rotatable bonds is 6. The van der Waals surface area contributed by atoms with E-state index in [4.69, 9.17) is 9.15 Å². The lowest BCUT2D eigenvalue weighted by molar-refractivity contribution is 0.0505. The van der Waals surface area contributed by atoms with E-state index < -0.39 is 0 Å². The predicted molar refractivity (Wildman–Crippen MR) is 73.5 cm³/mol. The van der Waals surface area contributed by atoms with Crippen LogP contribution in [-0.4, -0.2) is 13.2 Å².